The molecule has 0 aliphatic heterocycles. The summed E-state index contributed by atoms with van der Waals surface area (Å²) in [4.78, 5) is 23.0. The third kappa shape index (κ3) is 5.58. The summed E-state index contributed by atoms with van der Waals surface area (Å²) in [6.07, 6.45) is 4.15. The number of ether oxygens (including phenoxy) is 1. The molecule has 0 bridgehead atoms. The van der Waals surface area contributed by atoms with E-state index in [9.17, 15) is 14.7 Å². The summed E-state index contributed by atoms with van der Waals surface area (Å²) in [6.45, 7) is 6.31. The highest BCUT2D eigenvalue weighted by Crippen LogP contribution is 2.17. The molecule has 1 aromatic carbocycles. The van der Waals surface area contributed by atoms with Gasteiger partial charge in [-0.3, -0.25) is 0 Å². The van der Waals surface area contributed by atoms with E-state index in [2.05, 4.69) is 13.8 Å². The van der Waals surface area contributed by atoms with E-state index >= 15 is 0 Å². The van der Waals surface area contributed by atoms with E-state index in [1.807, 2.05) is 6.07 Å². The standard InChI is InChI=1S/C17H24O4/c1-4-21-17(20)14-10-9-13(11-15(14)16(18)19)8-6-5-7-12(2)3/h9-12H,4-8H2,1-3H3,(H,18,19). The quantitative estimate of drug-likeness (QED) is 0.582. The molecular formula is C17H24O4. The number of benzene rings is 1. The third-order valence-electron chi connectivity index (χ3n) is 3.31. The van der Waals surface area contributed by atoms with E-state index < -0.39 is 11.9 Å². The van der Waals surface area contributed by atoms with Crippen LogP contribution in [0.5, 0.6) is 0 Å². The van der Waals surface area contributed by atoms with Crippen LogP contribution in [0.1, 0.15) is 66.3 Å². The molecule has 4 nitrogen and oxygen atoms in total. The number of hydrogen-bond donors (Lipinski definition) is 1. The molecule has 0 unspecified atom stereocenters. The van der Waals surface area contributed by atoms with E-state index in [4.69, 9.17) is 4.74 Å². The van der Waals surface area contributed by atoms with Crippen molar-refractivity contribution >= 4 is 11.9 Å². The van der Waals surface area contributed by atoms with Gasteiger partial charge in [-0.05, 0) is 43.4 Å². The number of carboxylic acids is 1. The zero-order chi connectivity index (χ0) is 15.8. The average Bonchev–Trinajstić information content (AvgIpc) is 2.43. The minimum absolute atomic E-state index is 0.0230. The van der Waals surface area contributed by atoms with E-state index in [-0.39, 0.29) is 17.7 Å². The van der Waals surface area contributed by atoms with E-state index in [0.717, 1.165) is 24.8 Å². The second kappa shape index (κ2) is 8.45. The number of aryl methyl sites for hydroxylation is 1. The van der Waals surface area contributed by atoms with Crippen molar-refractivity contribution < 1.29 is 19.4 Å². The van der Waals surface area contributed by atoms with Gasteiger partial charge in [-0.15, -0.1) is 0 Å². The first-order valence-corrected chi connectivity index (χ1v) is 7.49. The van der Waals surface area contributed by atoms with Crippen molar-refractivity contribution in [1.82, 2.24) is 0 Å². The van der Waals surface area contributed by atoms with Crippen LogP contribution >= 0.6 is 0 Å². The van der Waals surface area contributed by atoms with Gasteiger partial charge in [-0.1, -0.05) is 32.8 Å². The van der Waals surface area contributed by atoms with Gasteiger partial charge in [0.05, 0.1) is 17.7 Å². The Kier molecular flexibility index (Phi) is 6.92. The molecule has 0 saturated carbocycles. The van der Waals surface area contributed by atoms with Crippen LogP contribution in [0, 0.1) is 5.92 Å². The van der Waals surface area contributed by atoms with Gasteiger partial charge in [0.1, 0.15) is 0 Å². The van der Waals surface area contributed by atoms with Crippen molar-refractivity contribution in [2.24, 2.45) is 5.92 Å². The van der Waals surface area contributed by atoms with Crippen LogP contribution in [0.4, 0.5) is 0 Å². The maximum atomic E-state index is 11.7. The first-order valence-electron chi connectivity index (χ1n) is 7.49. The molecule has 0 saturated heterocycles. The number of unbranched alkanes of at least 4 members (excludes halogenated alkanes) is 1. The first kappa shape index (κ1) is 17.2. The fourth-order valence-electron chi connectivity index (χ4n) is 2.19. The zero-order valence-corrected chi connectivity index (χ0v) is 13.0. The lowest BCUT2D eigenvalue weighted by molar-refractivity contribution is 0.0514. The molecule has 116 valence electrons. The minimum atomic E-state index is -1.10. The highest BCUT2D eigenvalue weighted by Gasteiger charge is 2.17. The summed E-state index contributed by atoms with van der Waals surface area (Å²) < 4.78 is 4.88. The monoisotopic (exact) mass is 292 g/mol. The number of carbonyl (C=O) groups excluding carboxylic acids is 1. The van der Waals surface area contributed by atoms with Crippen LogP contribution in [-0.2, 0) is 11.2 Å². The normalized spacial score (nSPS) is 10.7. The summed E-state index contributed by atoms with van der Waals surface area (Å²) in [5, 5.41) is 9.24. The molecule has 1 aromatic rings. The first-order chi connectivity index (χ1) is 9.95. The predicted octanol–water partition coefficient (Wildman–Crippen LogP) is 3.93. The van der Waals surface area contributed by atoms with E-state index in [1.54, 1.807) is 19.1 Å². The maximum absolute atomic E-state index is 11.7. The van der Waals surface area contributed by atoms with Gasteiger partial charge in [0.2, 0.25) is 0 Å². The van der Waals surface area contributed by atoms with Crippen molar-refractivity contribution in [1.29, 1.82) is 0 Å². The summed E-state index contributed by atoms with van der Waals surface area (Å²) in [5.74, 6) is -0.992. The zero-order valence-electron chi connectivity index (χ0n) is 13.0. The average molecular weight is 292 g/mol. The Balaban J connectivity index is 2.78. The number of hydrogen-bond acceptors (Lipinski definition) is 3. The van der Waals surface area contributed by atoms with Crippen LogP contribution < -0.4 is 0 Å². The van der Waals surface area contributed by atoms with Crippen molar-refractivity contribution in [2.45, 2.75) is 46.5 Å². The van der Waals surface area contributed by atoms with Gasteiger partial charge in [0.15, 0.2) is 0 Å². The van der Waals surface area contributed by atoms with Crippen molar-refractivity contribution in [3.8, 4) is 0 Å². The molecule has 1 N–H and O–H groups in total. The van der Waals surface area contributed by atoms with Crippen molar-refractivity contribution in [3.05, 3.63) is 34.9 Å². The fourth-order valence-corrected chi connectivity index (χ4v) is 2.19. The topological polar surface area (TPSA) is 63.6 Å². The van der Waals surface area contributed by atoms with Crippen LogP contribution in [0.3, 0.4) is 0 Å². The lowest BCUT2D eigenvalue weighted by atomic mass is 9.98. The van der Waals surface area contributed by atoms with Gasteiger partial charge >= 0.3 is 11.9 Å². The Morgan fingerprint density at radius 1 is 1.19 bits per heavy atom. The number of rotatable bonds is 8. The Hall–Kier alpha value is -1.84. The molecule has 0 fully saturated rings. The smallest absolute Gasteiger partial charge is 0.338 e. The second-order valence-electron chi connectivity index (χ2n) is 5.55. The molecule has 0 aromatic heterocycles. The van der Waals surface area contributed by atoms with E-state index in [0.29, 0.717) is 5.92 Å². The predicted molar refractivity (Wildman–Crippen MR) is 81.8 cm³/mol. The van der Waals surface area contributed by atoms with Gasteiger partial charge in [0.25, 0.3) is 0 Å². The molecule has 0 radical (unpaired) electrons. The molecular weight excluding hydrogens is 268 g/mol. The Bertz CT molecular complexity index is 492. The highest BCUT2D eigenvalue weighted by molar-refractivity contribution is 6.02. The van der Waals surface area contributed by atoms with Gasteiger partial charge in [0, 0.05) is 0 Å². The number of aromatic carboxylic acids is 1. The van der Waals surface area contributed by atoms with Gasteiger partial charge in [-0.2, -0.15) is 0 Å². The summed E-state index contributed by atoms with van der Waals surface area (Å²) in [5.41, 5.74) is 1.09. The molecule has 0 aliphatic rings. The summed E-state index contributed by atoms with van der Waals surface area (Å²) >= 11 is 0. The molecule has 4 heteroatoms. The molecule has 0 atom stereocenters. The van der Waals surface area contributed by atoms with Crippen LogP contribution in [0.25, 0.3) is 0 Å². The highest BCUT2D eigenvalue weighted by atomic mass is 16.5. The molecule has 1 rings (SSSR count). The summed E-state index contributed by atoms with van der Waals surface area (Å²) in [6, 6.07) is 4.96. The minimum Gasteiger partial charge on any atom is -0.478 e. The lowest BCUT2D eigenvalue weighted by Crippen LogP contribution is -2.12. The van der Waals surface area contributed by atoms with Crippen LogP contribution in [0.2, 0.25) is 0 Å². The Morgan fingerprint density at radius 3 is 2.48 bits per heavy atom. The van der Waals surface area contributed by atoms with Crippen molar-refractivity contribution in [2.75, 3.05) is 6.61 Å². The SMILES string of the molecule is CCOC(=O)c1ccc(CCCCC(C)C)cc1C(=O)O. The van der Waals surface area contributed by atoms with Crippen LogP contribution in [-0.4, -0.2) is 23.7 Å². The molecule has 21 heavy (non-hydrogen) atoms. The largest absolute Gasteiger partial charge is 0.478 e. The summed E-state index contributed by atoms with van der Waals surface area (Å²) in [7, 11) is 0. The number of carbonyl (C=O) groups is 2. The Morgan fingerprint density at radius 2 is 1.90 bits per heavy atom. The maximum Gasteiger partial charge on any atom is 0.338 e. The van der Waals surface area contributed by atoms with E-state index in [1.165, 1.54) is 6.42 Å². The number of carboxylic acid groups (broad SMARTS) is 1. The molecule has 0 amide bonds. The lowest BCUT2D eigenvalue weighted by Gasteiger charge is -2.09. The van der Waals surface area contributed by atoms with Crippen LogP contribution in [0.15, 0.2) is 18.2 Å². The molecule has 0 heterocycles. The van der Waals surface area contributed by atoms with Gasteiger partial charge in [-0.25, -0.2) is 9.59 Å². The molecule has 0 aliphatic carbocycles. The third-order valence-corrected chi connectivity index (χ3v) is 3.31. The Labute approximate surface area is 126 Å². The number of esters is 1. The fraction of sp³-hybridized carbons (Fsp3) is 0.529. The van der Waals surface area contributed by atoms with Gasteiger partial charge < -0.3 is 9.84 Å². The molecule has 0 spiro atoms. The second-order valence-corrected chi connectivity index (χ2v) is 5.55. The van der Waals surface area contributed by atoms with Crippen molar-refractivity contribution in [3.63, 3.8) is 0 Å².